The number of nitrogens with one attached hydrogen (secondary N) is 1. The maximum absolute atomic E-state index is 13.6. The molecule has 5 heteroatoms. The van der Waals surface area contributed by atoms with Crippen LogP contribution in [0.15, 0.2) is 30.6 Å². The zero-order valence-electron chi connectivity index (χ0n) is 11.2. The molecule has 0 bridgehead atoms. The van der Waals surface area contributed by atoms with E-state index in [1.165, 1.54) is 6.07 Å². The van der Waals surface area contributed by atoms with Crippen molar-refractivity contribution < 1.29 is 4.39 Å². The lowest BCUT2D eigenvalue weighted by atomic mass is 10.0. The van der Waals surface area contributed by atoms with Crippen LogP contribution in [0.1, 0.15) is 36.1 Å². The number of hydrogen-bond acceptors (Lipinski definition) is 3. The molecule has 3 N–H and O–H groups in total. The Hall–Kier alpha value is -1.72. The van der Waals surface area contributed by atoms with Gasteiger partial charge in [-0.05, 0) is 30.5 Å². The molecule has 0 aliphatic heterocycles. The molecule has 0 saturated heterocycles. The van der Waals surface area contributed by atoms with Crippen LogP contribution in [0.5, 0.6) is 0 Å². The summed E-state index contributed by atoms with van der Waals surface area (Å²) in [5.41, 5.74) is 5.07. The molecule has 1 unspecified atom stereocenters. The van der Waals surface area contributed by atoms with E-state index in [1.54, 1.807) is 19.2 Å². The highest BCUT2D eigenvalue weighted by atomic mass is 19.1. The molecule has 102 valence electrons. The van der Waals surface area contributed by atoms with Crippen molar-refractivity contribution in [1.29, 1.82) is 0 Å². The van der Waals surface area contributed by atoms with E-state index in [-0.39, 0.29) is 11.9 Å². The molecular weight excluding hydrogens is 243 g/mol. The fraction of sp³-hybridized carbons (Fsp3) is 0.357. The summed E-state index contributed by atoms with van der Waals surface area (Å²) in [4.78, 5) is 0. The highest BCUT2D eigenvalue weighted by Gasteiger charge is 2.15. The smallest absolute Gasteiger partial charge is 0.126 e. The van der Waals surface area contributed by atoms with Gasteiger partial charge in [-0.2, -0.15) is 5.10 Å². The third kappa shape index (κ3) is 3.00. The van der Waals surface area contributed by atoms with Gasteiger partial charge in [-0.25, -0.2) is 9.82 Å². The first-order chi connectivity index (χ1) is 9.15. The van der Waals surface area contributed by atoms with Gasteiger partial charge in [-0.3, -0.25) is 10.5 Å². The number of aryl methyl sites for hydroxylation is 2. The second-order valence-electron chi connectivity index (χ2n) is 4.65. The van der Waals surface area contributed by atoms with Crippen molar-refractivity contribution in [1.82, 2.24) is 15.2 Å². The Balaban J connectivity index is 2.29. The summed E-state index contributed by atoms with van der Waals surface area (Å²) in [5.74, 6) is 5.38. The summed E-state index contributed by atoms with van der Waals surface area (Å²) in [6.45, 7) is 4.69. The average molecular weight is 262 g/mol. The van der Waals surface area contributed by atoms with Crippen molar-refractivity contribution in [2.45, 2.75) is 32.9 Å². The van der Waals surface area contributed by atoms with E-state index in [0.29, 0.717) is 5.56 Å². The normalized spacial score (nSPS) is 12.6. The van der Waals surface area contributed by atoms with E-state index in [9.17, 15) is 4.39 Å². The molecule has 2 rings (SSSR count). The van der Waals surface area contributed by atoms with Gasteiger partial charge in [0.25, 0.3) is 0 Å². The Kier molecular flexibility index (Phi) is 4.29. The van der Waals surface area contributed by atoms with Gasteiger partial charge >= 0.3 is 0 Å². The average Bonchev–Trinajstić information content (AvgIpc) is 2.83. The first-order valence-corrected chi connectivity index (χ1v) is 6.40. The third-order valence-electron chi connectivity index (χ3n) is 3.14. The molecular formula is C14H19FN4. The molecule has 1 heterocycles. The molecule has 4 nitrogen and oxygen atoms in total. The standard InChI is InChI=1S/C14H19FN4/c1-3-6-19-9-12(8-17-19)14(18-16)11-5-4-10(2)13(15)7-11/h4-5,7-9,14,18H,3,6,16H2,1-2H3. The van der Waals surface area contributed by atoms with E-state index in [4.69, 9.17) is 5.84 Å². The number of rotatable bonds is 5. The Labute approximate surface area is 112 Å². The van der Waals surface area contributed by atoms with Crippen molar-refractivity contribution in [2.24, 2.45) is 5.84 Å². The van der Waals surface area contributed by atoms with E-state index >= 15 is 0 Å². The number of aromatic nitrogens is 2. The van der Waals surface area contributed by atoms with Gasteiger partial charge in [-0.15, -0.1) is 0 Å². The lowest BCUT2D eigenvalue weighted by Gasteiger charge is -2.15. The second kappa shape index (κ2) is 5.95. The summed E-state index contributed by atoms with van der Waals surface area (Å²) in [6.07, 6.45) is 4.71. The Bertz CT molecular complexity index is 550. The van der Waals surface area contributed by atoms with Crippen LogP contribution in [0, 0.1) is 12.7 Å². The number of halogens is 1. The molecule has 1 aromatic heterocycles. The van der Waals surface area contributed by atoms with Gasteiger partial charge in [-0.1, -0.05) is 19.1 Å². The van der Waals surface area contributed by atoms with Crippen molar-refractivity contribution in [3.05, 3.63) is 53.1 Å². The molecule has 0 fully saturated rings. The third-order valence-corrected chi connectivity index (χ3v) is 3.14. The minimum atomic E-state index is -0.249. The van der Waals surface area contributed by atoms with E-state index in [2.05, 4.69) is 17.4 Å². The first-order valence-electron chi connectivity index (χ1n) is 6.40. The minimum Gasteiger partial charge on any atom is -0.272 e. The molecule has 0 aliphatic carbocycles. The highest BCUT2D eigenvalue weighted by Crippen LogP contribution is 2.22. The number of benzene rings is 1. The quantitative estimate of drug-likeness (QED) is 0.642. The van der Waals surface area contributed by atoms with Crippen LogP contribution < -0.4 is 11.3 Å². The van der Waals surface area contributed by atoms with Gasteiger partial charge < -0.3 is 0 Å². The van der Waals surface area contributed by atoms with Crippen molar-refractivity contribution in [3.63, 3.8) is 0 Å². The molecule has 2 aromatic rings. The fourth-order valence-electron chi connectivity index (χ4n) is 2.05. The predicted octanol–water partition coefficient (Wildman–Crippen LogP) is 2.29. The molecule has 1 aromatic carbocycles. The molecule has 0 radical (unpaired) electrons. The van der Waals surface area contributed by atoms with Crippen LogP contribution in [0.3, 0.4) is 0 Å². The maximum Gasteiger partial charge on any atom is 0.126 e. The van der Waals surface area contributed by atoms with Crippen LogP contribution in [-0.2, 0) is 6.54 Å². The minimum absolute atomic E-state index is 0.223. The van der Waals surface area contributed by atoms with Crippen LogP contribution in [0.2, 0.25) is 0 Å². The van der Waals surface area contributed by atoms with Gasteiger partial charge in [0.1, 0.15) is 5.82 Å². The summed E-state index contributed by atoms with van der Waals surface area (Å²) in [7, 11) is 0. The van der Waals surface area contributed by atoms with E-state index < -0.39 is 0 Å². The predicted molar refractivity (Wildman–Crippen MR) is 72.8 cm³/mol. The molecule has 19 heavy (non-hydrogen) atoms. The molecule has 0 aliphatic rings. The van der Waals surface area contributed by atoms with E-state index in [0.717, 1.165) is 24.1 Å². The zero-order chi connectivity index (χ0) is 13.8. The van der Waals surface area contributed by atoms with Gasteiger partial charge in [0.05, 0.1) is 12.2 Å². The summed E-state index contributed by atoms with van der Waals surface area (Å²) in [5, 5.41) is 4.27. The summed E-state index contributed by atoms with van der Waals surface area (Å²) in [6, 6.07) is 4.89. The van der Waals surface area contributed by atoms with Crippen LogP contribution in [0.25, 0.3) is 0 Å². The number of nitrogens with zero attached hydrogens (tertiary/aromatic N) is 2. The van der Waals surface area contributed by atoms with Crippen molar-refractivity contribution in [3.8, 4) is 0 Å². The van der Waals surface area contributed by atoms with Gasteiger partial charge in [0.2, 0.25) is 0 Å². The Morgan fingerprint density at radius 2 is 2.21 bits per heavy atom. The molecule has 0 amide bonds. The molecule has 0 saturated carbocycles. The zero-order valence-corrected chi connectivity index (χ0v) is 11.2. The summed E-state index contributed by atoms with van der Waals surface area (Å²) >= 11 is 0. The summed E-state index contributed by atoms with van der Waals surface area (Å²) < 4.78 is 15.5. The van der Waals surface area contributed by atoms with Crippen LogP contribution >= 0.6 is 0 Å². The Morgan fingerprint density at radius 1 is 1.42 bits per heavy atom. The van der Waals surface area contributed by atoms with Crippen molar-refractivity contribution >= 4 is 0 Å². The lowest BCUT2D eigenvalue weighted by Crippen LogP contribution is -2.28. The lowest BCUT2D eigenvalue weighted by molar-refractivity contribution is 0.592. The SMILES string of the molecule is CCCn1cc(C(NN)c2ccc(C)c(F)c2)cn1. The number of nitrogens with two attached hydrogens (primary N) is 1. The molecule has 1 atom stereocenters. The number of hydrogen-bond donors (Lipinski definition) is 2. The Morgan fingerprint density at radius 3 is 2.84 bits per heavy atom. The van der Waals surface area contributed by atoms with Crippen molar-refractivity contribution in [2.75, 3.05) is 0 Å². The van der Waals surface area contributed by atoms with Gasteiger partial charge in [0.15, 0.2) is 0 Å². The topological polar surface area (TPSA) is 55.9 Å². The molecule has 0 spiro atoms. The number of hydrazine groups is 1. The van der Waals surface area contributed by atoms with Crippen LogP contribution in [0.4, 0.5) is 4.39 Å². The first kappa shape index (κ1) is 13.7. The van der Waals surface area contributed by atoms with E-state index in [1.807, 2.05) is 16.9 Å². The monoisotopic (exact) mass is 262 g/mol. The highest BCUT2D eigenvalue weighted by molar-refractivity contribution is 5.32. The van der Waals surface area contributed by atoms with Crippen LogP contribution in [-0.4, -0.2) is 9.78 Å². The second-order valence-corrected chi connectivity index (χ2v) is 4.65. The fourth-order valence-corrected chi connectivity index (χ4v) is 2.05. The van der Waals surface area contributed by atoms with Gasteiger partial charge in [0, 0.05) is 18.3 Å². The maximum atomic E-state index is 13.6. The largest absolute Gasteiger partial charge is 0.272 e.